The molecule has 7 aromatic carbocycles. The lowest BCUT2D eigenvalue weighted by molar-refractivity contribution is 0.269. The quantitative estimate of drug-likeness (QED) is 0.182. The molecule has 2 atom stereocenters. The van der Waals surface area contributed by atoms with Gasteiger partial charge in [0.05, 0.1) is 16.8 Å². The lowest BCUT2D eigenvalue weighted by atomic mass is 9.70. The zero-order chi connectivity index (χ0) is 36.8. The fraction of sp³-hybridized carbons (Fsp3) is 0.0566. The van der Waals surface area contributed by atoms with Crippen LogP contribution in [0.15, 0.2) is 194 Å². The van der Waals surface area contributed by atoms with Gasteiger partial charge < -0.3 is 4.74 Å². The summed E-state index contributed by atoms with van der Waals surface area (Å²) in [5.74, 6) is 1.71. The van der Waals surface area contributed by atoms with Gasteiger partial charge in [-0.2, -0.15) is 0 Å². The first kappa shape index (κ1) is 31.3. The summed E-state index contributed by atoms with van der Waals surface area (Å²) in [6, 6.07) is 63.3. The van der Waals surface area contributed by atoms with Gasteiger partial charge in [0.15, 0.2) is 5.82 Å². The van der Waals surface area contributed by atoms with E-state index in [0.29, 0.717) is 5.82 Å². The molecule has 262 valence electrons. The minimum Gasteiger partial charge on any atom is -0.485 e. The van der Waals surface area contributed by atoms with E-state index in [2.05, 4.69) is 170 Å². The summed E-state index contributed by atoms with van der Waals surface area (Å²) in [5, 5.41) is 0. The fourth-order valence-corrected chi connectivity index (χ4v) is 9.80. The third-order valence-electron chi connectivity index (χ3n) is 12.3. The summed E-state index contributed by atoms with van der Waals surface area (Å²) in [4.78, 5) is 10.1. The van der Waals surface area contributed by atoms with Gasteiger partial charge >= 0.3 is 0 Å². The number of benzene rings is 7. The molecule has 56 heavy (non-hydrogen) atoms. The van der Waals surface area contributed by atoms with Gasteiger partial charge in [0.25, 0.3) is 0 Å². The molecule has 1 spiro atoms. The molecular formula is C53H34N2O. The Morgan fingerprint density at radius 1 is 0.446 bits per heavy atom. The maximum Gasteiger partial charge on any atom is 0.160 e. The number of ether oxygens (including phenoxy) is 1. The molecule has 3 heteroatoms. The Bertz CT molecular complexity index is 2840. The van der Waals surface area contributed by atoms with Crippen LogP contribution in [0.5, 0.6) is 5.75 Å². The largest absolute Gasteiger partial charge is 0.485 e. The van der Waals surface area contributed by atoms with E-state index < -0.39 is 0 Å². The monoisotopic (exact) mass is 714 g/mol. The van der Waals surface area contributed by atoms with Crippen LogP contribution in [0, 0.1) is 0 Å². The molecule has 0 N–H and O–H groups in total. The van der Waals surface area contributed by atoms with Crippen molar-refractivity contribution in [2.45, 2.75) is 17.4 Å². The van der Waals surface area contributed by atoms with E-state index >= 15 is 0 Å². The van der Waals surface area contributed by atoms with Gasteiger partial charge in [-0.1, -0.05) is 158 Å². The van der Waals surface area contributed by atoms with Crippen LogP contribution in [0.1, 0.15) is 39.3 Å². The molecular weight excluding hydrogens is 681 g/mol. The summed E-state index contributed by atoms with van der Waals surface area (Å²) < 4.78 is 6.58. The Labute approximate surface area is 326 Å². The second-order valence-electron chi connectivity index (χ2n) is 15.2. The van der Waals surface area contributed by atoms with E-state index in [-0.39, 0.29) is 17.4 Å². The van der Waals surface area contributed by atoms with Crippen molar-refractivity contribution in [3.63, 3.8) is 0 Å². The van der Waals surface area contributed by atoms with Crippen molar-refractivity contribution < 1.29 is 4.74 Å². The summed E-state index contributed by atoms with van der Waals surface area (Å²) >= 11 is 0. The van der Waals surface area contributed by atoms with E-state index in [1.807, 2.05) is 24.3 Å². The highest BCUT2D eigenvalue weighted by Crippen LogP contribution is 2.63. The molecule has 0 amide bonds. The Morgan fingerprint density at radius 2 is 1.00 bits per heavy atom. The van der Waals surface area contributed by atoms with Gasteiger partial charge in [0, 0.05) is 28.2 Å². The van der Waals surface area contributed by atoms with Crippen molar-refractivity contribution in [3.8, 4) is 61.9 Å². The molecule has 0 saturated carbocycles. The Morgan fingerprint density at radius 3 is 1.66 bits per heavy atom. The van der Waals surface area contributed by atoms with Crippen LogP contribution in [0.25, 0.3) is 61.7 Å². The van der Waals surface area contributed by atoms with Crippen LogP contribution in [0.3, 0.4) is 0 Å². The number of allylic oxidation sites excluding steroid dienone is 2. The van der Waals surface area contributed by atoms with Crippen LogP contribution >= 0.6 is 0 Å². The van der Waals surface area contributed by atoms with Crippen molar-refractivity contribution >= 4 is 5.57 Å². The predicted octanol–water partition coefficient (Wildman–Crippen LogP) is 12.3. The first-order valence-electron chi connectivity index (χ1n) is 19.4. The van der Waals surface area contributed by atoms with Crippen LogP contribution in [0.2, 0.25) is 0 Å². The van der Waals surface area contributed by atoms with Crippen LogP contribution < -0.4 is 4.74 Å². The Kier molecular flexibility index (Phi) is 6.67. The average molecular weight is 715 g/mol. The van der Waals surface area contributed by atoms with Gasteiger partial charge in [-0.25, -0.2) is 9.97 Å². The molecule has 0 radical (unpaired) electrons. The minimum atomic E-state index is -0.372. The van der Waals surface area contributed by atoms with Crippen molar-refractivity contribution in [3.05, 3.63) is 228 Å². The third-order valence-corrected chi connectivity index (χ3v) is 12.3. The van der Waals surface area contributed by atoms with E-state index in [1.54, 1.807) is 0 Å². The first-order chi connectivity index (χ1) is 27.7. The maximum absolute atomic E-state index is 6.58. The Hall–Kier alpha value is -7.10. The number of hydrogen-bond donors (Lipinski definition) is 0. The highest BCUT2D eigenvalue weighted by molar-refractivity contribution is 5.96. The first-order valence-corrected chi connectivity index (χ1v) is 19.4. The molecule has 0 fully saturated rings. The van der Waals surface area contributed by atoms with Crippen molar-refractivity contribution in [1.29, 1.82) is 0 Å². The molecule has 2 heterocycles. The van der Waals surface area contributed by atoms with Crippen LogP contribution in [-0.2, 0) is 5.41 Å². The summed E-state index contributed by atoms with van der Waals surface area (Å²) in [7, 11) is 0. The van der Waals surface area contributed by atoms with Gasteiger partial charge in [0.2, 0.25) is 0 Å². The third kappa shape index (κ3) is 4.46. The summed E-state index contributed by atoms with van der Waals surface area (Å²) in [6.45, 7) is 0. The molecule has 3 aliphatic carbocycles. The smallest absolute Gasteiger partial charge is 0.160 e. The van der Waals surface area contributed by atoms with Crippen molar-refractivity contribution in [2.75, 3.05) is 0 Å². The zero-order valence-electron chi connectivity index (χ0n) is 30.4. The zero-order valence-corrected chi connectivity index (χ0v) is 30.4. The molecule has 1 aromatic heterocycles. The summed E-state index contributed by atoms with van der Waals surface area (Å²) in [5.41, 5.74) is 18.8. The minimum absolute atomic E-state index is 0.0623. The van der Waals surface area contributed by atoms with Gasteiger partial charge in [-0.15, -0.1) is 0 Å². The second kappa shape index (κ2) is 11.9. The van der Waals surface area contributed by atoms with Crippen molar-refractivity contribution in [2.24, 2.45) is 0 Å². The van der Waals surface area contributed by atoms with E-state index in [9.17, 15) is 0 Å². The van der Waals surface area contributed by atoms with Gasteiger partial charge in [0.1, 0.15) is 11.9 Å². The van der Waals surface area contributed by atoms with E-state index in [4.69, 9.17) is 14.7 Å². The second-order valence-corrected chi connectivity index (χ2v) is 15.2. The molecule has 2 unspecified atom stereocenters. The number of aromatic nitrogens is 2. The number of hydrogen-bond acceptors (Lipinski definition) is 3. The fourth-order valence-electron chi connectivity index (χ4n) is 9.80. The number of nitrogens with zero attached hydrogens (tertiary/aromatic N) is 2. The van der Waals surface area contributed by atoms with Gasteiger partial charge in [-0.3, -0.25) is 0 Å². The highest BCUT2D eigenvalue weighted by Gasteiger charge is 2.51. The predicted molar refractivity (Wildman–Crippen MR) is 225 cm³/mol. The normalized spacial score (nSPS) is 17.2. The lowest BCUT2D eigenvalue weighted by Gasteiger charge is -2.31. The molecule has 8 aromatic rings. The SMILES string of the molecule is C1=CC2Oc3ccc(-c4cc(-c5ccccc5)nc(-c5ccccc5)n4)cc3C2C=C1c1ccc2c(c1)C1(c3ccccc3-c3ccccc31)c1ccccc1-2. The molecule has 12 rings (SSSR count). The lowest BCUT2D eigenvalue weighted by Crippen LogP contribution is -2.26. The van der Waals surface area contributed by atoms with E-state index in [1.165, 1.54) is 61.2 Å². The average Bonchev–Trinajstić information content (AvgIpc) is 3.90. The molecule has 3 nitrogen and oxygen atoms in total. The summed E-state index contributed by atoms with van der Waals surface area (Å²) in [6.07, 6.45) is 6.85. The standard InChI is InChI=1S/C53H34N2O/c1-3-13-33(14-4-1)48-32-49(55-52(54-48)34-15-5-2-6-16-34)37-25-28-51-43(30-37)42-29-35(24-27-50(42)56-51)36-23-26-41-40-19-9-12-22-46(40)53(47(41)31-36)44-20-10-7-17-38(44)39-18-8-11-21-45(39)53/h1-32,42,50H. The highest BCUT2D eigenvalue weighted by atomic mass is 16.5. The number of rotatable bonds is 4. The van der Waals surface area contributed by atoms with Crippen molar-refractivity contribution in [1.82, 2.24) is 9.97 Å². The molecule has 4 aliphatic rings. The topological polar surface area (TPSA) is 35.0 Å². The molecule has 0 bridgehead atoms. The maximum atomic E-state index is 6.58. The molecule has 0 saturated heterocycles. The number of fused-ring (bicyclic) bond motifs is 13. The van der Waals surface area contributed by atoms with Crippen LogP contribution in [0.4, 0.5) is 0 Å². The Balaban J connectivity index is 0.972. The molecule has 1 aliphatic heterocycles. The van der Waals surface area contributed by atoms with E-state index in [0.717, 1.165) is 33.8 Å². The van der Waals surface area contributed by atoms with Crippen LogP contribution in [-0.4, -0.2) is 16.1 Å². The van der Waals surface area contributed by atoms with Gasteiger partial charge in [-0.05, 0) is 92.1 Å².